The van der Waals surface area contributed by atoms with E-state index >= 15 is 0 Å². The van der Waals surface area contributed by atoms with Gasteiger partial charge in [-0.15, -0.1) is 0 Å². The largest absolute Gasteiger partial charge is 0.398 e. The molecule has 1 fully saturated rings. The van der Waals surface area contributed by atoms with Crippen molar-refractivity contribution in [3.8, 4) is 0 Å². The van der Waals surface area contributed by atoms with Crippen LogP contribution in [0.25, 0.3) is 0 Å². The van der Waals surface area contributed by atoms with Crippen LogP contribution in [0.3, 0.4) is 0 Å². The number of hydrogen-bond acceptors (Lipinski definition) is 4. The van der Waals surface area contributed by atoms with Gasteiger partial charge in [0.2, 0.25) is 0 Å². The van der Waals surface area contributed by atoms with Gasteiger partial charge in [-0.05, 0) is 44.8 Å². The molecule has 0 unspecified atom stereocenters. The first-order valence-corrected chi connectivity index (χ1v) is 7.37. The van der Waals surface area contributed by atoms with Crippen LogP contribution in [0.4, 0.5) is 5.69 Å². The zero-order chi connectivity index (χ0) is 14.4. The monoisotopic (exact) mass is 279 g/mol. The van der Waals surface area contributed by atoms with Gasteiger partial charge < -0.3 is 19.9 Å². The van der Waals surface area contributed by atoms with E-state index in [2.05, 4.69) is 11.9 Å². The van der Waals surface area contributed by atoms with Crippen molar-refractivity contribution in [3.05, 3.63) is 28.7 Å². The highest BCUT2D eigenvalue weighted by atomic mass is 16.5. The van der Waals surface area contributed by atoms with Gasteiger partial charge in [0, 0.05) is 44.3 Å². The average molecular weight is 279 g/mol. The standard InChI is InChI=1S/C15H25N3O2/c1-17(11-13-5-9-20-10-6-13)7-2-8-18-12-14(16)3-4-15(18)19/h3-4,12-13H,2,5-11,16H2,1H3. The summed E-state index contributed by atoms with van der Waals surface area (Å²) >= 11 is 0. The van der Waals surface area contributed by atoms with Gasteiger partial charge in [0.25, 0.3) is 5.56 Å². The SMILES string of the molecule is CN(CCCn1cc(N)ccc1=O)CC1CCOCC1. The molecular weight excluding hydrogens is 254 g/mol. The van der Waals surface area contributed by atoms with E-state index in [1.54, 1.807) is 16.8 Å². The van der Waals surface area contributed by atoms with Crippen LogP contribution in [-0.2, 0) is 11.3 Å². The maximum absolute atomic E-state index is 11.6. The molecule has 2 rings (SSSR count). The number of pyridine rings is 1. The molecule has 1 aliphatic heterocycles. The maximum atomic E-state index is 11.6. The first kappa shape index (κ1) is 15.1. The molecule has 2 N–H and O–H groups in total. The zero-order valence-corrected chi connectivity index (χ0v) is 12.3. The summed E-state index contributed by atoms with van der Waals surface area (Å²) in [6.07, 6.45) is 5.02. The van der Waals surface area contributed by atoms with Gasteiger partial charge in [-0.3, -0.25) is 4.79 Å². The molecule has 1 aromatic rings. The van der Waals surface area contributed by atoms with Crippen molar-refractivity contribution in [1.29, 1.82) is 0 Å². The number of aryl methyl sites for hydroxylation is 1. The summed E-state index contributed by atoms with van der Waals surface area (Å²) in [6, 6.07) is 3.18. The number of nitrogen functional groups attached to an aromatic ring is 1. The summed E-state index contributed by atoms with van der Waals surface area (Å²) in [4.78, 5) is 14.0. The Bertz CT molecular complexity index is 466. The highest BCUT2D eigenvalue weighted by molar-refractivity contribution is 5.33. The minimum Gasteiger partial charge on any atom is -0.398 e. The summed E-state index contributed by atoms with van der Waals surface area (Å²) in [6.45, 7) is 4.64. The molecule has 0 saturated carbocycles. The fraction of sp³-hybridized carbons (Fsp3) is 0.667. The number of rotatable bonds is 6. The second-order valence-corrected chi connectivity index (χ2v) is 5.67. The third-order valence-electron chi connectivity index (χ3n) is 3.86. The van der Waals surface area contributed by atoms with E-state index in [9.17, 15) is 4.79 Å². The molecule has 0 aliphatic carbocycles. The number of aromatic nitrogens is 1. The van der Waals surface area contributed by atoms with Crippen molar-refractivity contribution in [3.63, 3.8) is 0 Å². The normalized spacial score (nSPS) is 16.7. The van der Waals surface area contributed by atoms with Gasteiger partial charge in [-0.2, -0.15) is 0 Å². The molecule has 112 valence electrons. The van der Waals surface area contributed by atoms with Crippen LogP contribution in [0.2, 0.25) is 0 Å². The molecule has 0 atom stereocenters. The highest BCUT2D eigenvalue weighted by Gasteiger charge is 2.15. The van der Waals surface area contributed by atoms with E-state index in [-0.39, 0.29) is 5.56 Å². The van der Waals surface area contributed by atoms with E-state index in [0.717, 1.165) is 45.2 Å². The molecule has 5 heteroatoms. The van der Waals surface area contributed by atoms with E-state index < -0.39 is 0 Å². The highest BCUT2D eigenvalue weighted by Crippen LogP contribution is 2.15. The van der Waals surface area contributed by atoms with Crippen LogP contribution in [-0.4, -0.2) is 42.8 Å². The lowest BCUT2D eigenvalue weighted by Crippen LogP contribution is -2.31. The summed E-state index contributed by atoms with van der Waals surface area (Å²) in [5, 5.41) is 0. The number of ether oxygens (including phenoxy) is 1. The lowest BCUT2D eigenvalue weighted by Gasteiger charge is -2.27. The maximum Gasteiger partial charge on any atom is 0.250 e. The van der Waals surface area contributed by atoms with Crippen molar-refractivity contribution in [2.75, 3.05) is 39.1 Å². The molecule has 20 heavy (non-hydrogen) atoms. The van der Waals surface area contributed by atoms with Gasteiger partial charge in [-0.25, -0.2) is 0 Å². The van der Waals surface area contributed by atoms with Gasteiger partial charge >= 0.3 is 0 Å². The molecular formula is C15H25N3O2. The van der Waals surface area contributed by atoms with Crippen LogP contribution in [0.15, 0.2) is 23.1 Å². The molecule has 1 aliphatic rings. The number of nitrogens with zero attached hydrogens (tertiary/aromatic N) is 2. The van der Waals surface area contributed by atoms with Crippen LogP contribution >= 0.6 is 0 Å². The smallest absolute Gasteiger partial charge is 0.250 e. The molecule has 5 nitrogen and oxygen atoms in total. The molecule has 0 amide bonds. The van der Waals surface area contributed by atoms with E-state index in [4.69, 9.17) is 10.5 Å². The zero-order valence-electron chi connectivity index (χ0n) is 12.3. The fourth-order valence-corrected chi connectivity index (χ4v) is 2.70. The number of anilines is 1. The second-order valence-electron chi connectivity index (χ2n) is 5.67. The average Bonchev–Trinajstić information content (AvgIpc) is 2.44. The van der Waals surface area contributed by atoms with Gasteiger partial charge in [0.1, 0.15) is 0 Å². The van der Waals surface area contributed by atoms with Gasteiger partial charge in [0.05, 0.1) is 0 Å². The summed E-state index contributed by atoms with van der Waals surface area (Å²) in [7, 11) is 2.15. The number of hydrogen-bond donors (Lipinski definition) is 1. The summed E-state index contributed by atoms with van der Waals surface area (Å²) in [5.74, 6) is 0.754. The van der Waals surface area contributed by atoms with Crippen LogP contribution in [0.1, 0.15) is 19.3 Å². The van der Waals surface area contributed by atoms with Gasteiger partial charge in [0.15, 0.2) is 0 Å². The quantitative estimate of drug-likeness (QED) is 0.849. The minimum atomic E-state index is 0.0197. The number of nitrogens with two attached hydrogens (primary N) is 1. The van der Waals surface area contributed by atoms with Crippen molar-refractivity contribution in [1.82, 2.24) is 9.47 Å². The summed E-state index contributed by atoms with van der Waals surface area (Å²) in [5.41, 5.74) is 6.36. The predicted molar refractivity (Wildman–Crippen MR) is 80.8 cm³/mol. The fourth-order valence-electron chi connectivity index (χ4n) is 2.70. The van der Waals surface area contributed by atoms with Crippen LogP contribution in [0, 0.1) is 5.92 Å². The Balaban J connectivity index is 1.72. The molecule has 0 bridgehead atoms. The third kappa shape index (κ3) is 4.65. The van der Waals surface area contributed by atoms with E-state index in [0.29, 0.717) is 5.69 Å². The molecule has 0 spiro atoms. The topological polar surface area (TPSA) is 60.5 Å². The predicted octanol–water partition coefficient (Wildman–Crippen LogP) is 1.18. The molecule has 1 saturated heterocycles. The Morgan fingerprint density at radius 2 is 2.15 bits per heavy atom. The lowest BCUT2D eigenvalue weighted by molar-refractivity contribution is 0.0555. The molecule has 1 aromatic heterocycles. The first-order valence-electron chi connectivity index (χ1n) is 7.37. The van der Waals surface area contributed by atoms with E-state index in [1.165, 1.54) is 18.9 Å². The molecule has 0 aromatic carbocycles. The third-order valence-corrected chi connectivity index (χ3v) is 3.86. The Kier molecular flexibility index (Phi) is 5.61. The van der Waals surface area contributed by atoms with Crippen molar-refractivity contribution in [2.45, 2.75) is 25.8 Å². The molecule has 0 radical (unpaired) electrons. The van der Waals surface area contributed by atoms with Crippen molar-refractivity contribution >= 4 is 5.69 Å². The lowest BCUT2D eigenvalue weighted by atomic mass is 10.00. The first-order chi connectivity index (χ1) is 9.65. The minimum absolute atomic E-state index is 0.0197. The summed E-state index contributed by atoms with van der Waals surface area (Å²) < 4.78 is 7.07. The van der Waals surface area contributed by atoms with E-state index in [1.807, 2.05) is 0 Å². The Morgan fingerprint density at radius 3 is 2.90 bits per heavy atom. The van der Waals surface area contributed by atoms with Crippen molar-refractivity contribution < 1.29 is 4.74 Å². The Hall–Kier alpha value is -1.33. The van der Waals surface area contributed by atoms with Gasteiger partial charge in [-0.1, -0.05) is 0 Å². The Morgan fingerprint density at radius 1 is 1.40 bits per heavy atom. The van der Waals surface area contributed by atoms with Crippen LogP contribution < -0.4 is 11.3 Å². The van der Waals surface area contributed by atoms with Crippen molar-refractivity contribution in [2.24, 2.45) is 5.92 Å². The van der Waals surface area contributed by atoms with Crippen LogP contribution in [0.5, 0.6) is 0 Å². The Labute approximate surface area is 120 Å². The second kappa shape index (κ2) is 7.45. The molecule has 2 heterocycles.